The molecule has 92 valence electrons. The molecule has 0 spiro atoms. The van der Waals surface area contributed by atoms with Crippen molar-refractivity contribution in [2.45, 2.75) is 6.92 Å². The average Bonchev–Trinajstić information content (AvgIpc) is 2.93. The third kappa shape index (κ3) is 1.57. The number of hydrogen-bond donors (Lipinski definition) is 0. The van der Waals surface area contributed by atoms with E-state index in [2.05, 4.69) is 4.98 Å². The van der Waals surface area contributed by atoms with Gasteiger partial charge in [-0.3, -0.25) is 0 Å². The summed E-state index contributed by atoms with van der Waals surface area (Å²) in [4.78, 5) is 4.59. The van der Waals surface area contributed by atoms with Gasteiger partial charge in [0.15, 0.2) is 11.6 Å². The minimum Gasteiger partial charge on any atom is -0.497 e. The van der Waals surface area contributed by atoms with Gasteiger partial charge in [0.1, 0.15) is 11.5 Å². The van der Waals surface area contributed by atoms with Gasteiger partial charge in [0, 0.05) is 13.1 Å². The highest BCUT2D eigenvalue weighted by molar-refractivity contribution is 5.81. The van der Waals surface area contributed by atoms with Crippen LogP contribution in [0.15, 0.2) is 34.7 Å². The van der Waals surface area contributed by atoms with Crippen LogP contribution >= 0.6 is 0 Å². The Morgan fingerprint density at radius 1 is 1.22 bits per heavy atom. The lowest BCUT2D eigenvalue weighted by Crippen LogP contribution is -1.90. The lowest BCUT2D eigenvalue weighted by atomic mass is 10.3. The van der Waals surface area contributed by atoms with Crippen LogP contribution in [-0.4, -0.2) is 16.7 Å². The number of aryl methyl sites for hydroxylation is 2. The Kier molecular flexibility index (Phi) is 2.37. The van der Waals surface area contributed by atoms with Crippen molar-refractivity contribution in [3.63, 3.8) is 0 Å². The zero-order valence-electron chi connectivity index (χ0n) is 10.6. The molecule has 0 unspecified atom stereocenters. The fraction of sp³-hybridized carbons (Fsp3) is 0.214. The van der Waals surface area contributed by atoms with Gasteiger partial charge in [-0.1, -0.05) is 0 Å². The molecule has 18 heavy (non-hydrogen) atoms. The minimum absolute atomic E-state index is 0.783. The summed E-state index contributed by atoms with van der Waals surface area (Å²) in [7, 11) is 3.63. The molecule has 0 saturated heterocycles. The van der Waals surface area contributed by atoms with Crippen LogP contribution < -0.4 is 4.74 Å². The van der Waals surface area contributed by atoms with E-state index in [1.807, 2.05) is 48.9 Å². The average molecular weight is 242 g/mol. The summed E-state index contributed by atoms with van der Waals surface area (Å²) in [5.41, 5.74) is 1.96. The first-order valence-electron chi connectivity index (χ1n) is 5.76. The van der Waals surface area contributed by atoms with E-state index in [9.17, 15) is 0 Å². The Bertz CT molecular complexity index is 710. The number of benzene rings is 1. The monoisotopic (exact) mass is 242 g/mol. The van der Waals surface area contributed by atoms with Crippen molar-refractivity contribution >= 4 is 11.0 Å². The van der Waals surface area contributed by atoms with Gasteiger partial charge >= 0.3 is 0 Å². The van der Waals surface area contributed by atoms with Crippen LogP contribution in [0.4, 0.5) is 0 Å². The third-order valence-corrected chi connectivity index (χ3v) is 3.05. The smallest absolute Gasteiger partial charge is 0.176 e. The van der Waals surface area contributed by atoms with E-state index in [0.29, 0.717) is 0 Å². The van der Waals surface area contributed by atoms with Gasteiger partial charge in [-0.25, -0.2) is 4.98 Å². The highest BCUT2D eigenvalue weighted by Gasteiger charge is 2.13. The topological polar surface area (TPSA) is 40.2 Å². The molecule has 0 N–H and O–H groups in total. The maximum Gasteiger partial charge on any atom is 0.176 e. The molecular weight excluding hydrogens is 228 g/mol. The van der Waals surface area contributed by atoms with Crippen LogP contribution in [0.25, 0.3) is 22.6 Å². The first kappa shape index (κ1) is 10.9. The molecule has 0 amide bonds. The standard InChI is InChI=1S/C14H14N2O2/c1-9-4-7-13(18-9)14-15-11-8-10(17-3)5-6-12(11)16(14)2/h4-8H,1-3H3. The molecule has 1 aromatic carbocycles. The normalized spacial score (nSPS) is 11.1. The second-order valence-corrected chi connectivity index (χ2v) is 4.26. The summed E-state index contributed by atoms with van der Waals surface area (Å²) in [6.45, 7) is 1.93. The van der Waals surface area contributed by atoms with E-state index in [4.69, 9.17) is 9.15 Å². The summed E-state index contributed by atoms with van der Waals surface area (Å²) in [5.74, 6) is 3.30. The Hall–Kier alpha value is -2.23. The third-order valence-electron chi connectivity index (χ3n) is 3.05. The molecule has 2 aromatic heterocycles. The van der Waals surface area contributed by atoms with Crippen molar-refractivity contribution in [3.8, 4) is 17.3 Å². The lowest BCUT2D eigenvalue weighted by Gasteiger charge is -2.00. The van der Waals surface area contributed by atoms with Crippen molar-refractivity contribution in [2.75, 3.05) is 7.11 Å². The molecule has 0 atom stereocenters. The second-order valence-electron chi connectivity index (χ2n) is 4.26. The van der Waals surface area contributed by atoms with Crippen molar-refractivity contribution in [1.29, 1.82) is 0 Å². The van der Waals surface area contributed by atoms with E-state index in [-0.39, 0.29) is 0 Å². The number of imidazole rings is 1. The Morgan fingerprint density at radius 3 is 2.72 bits per heavy atom. The number of aromatic nitrogens is 2. The highest BCUT2D eigenvalue weighted by atomic mass is 16.5. The van der Waals surface area contributed by atoms with Crippen LogP contribution in [0.3, 0.4) is 0 Å². The first-order valence-corrected chi connectivity index (χ1v) is 5.76. The number of furan rings is 1. The number of methoxy groups -OCH3 is 1. The van der Waals surface area contributed by atoms with Crippen molar-refractivity contribution in [3.05, 3.63) is 36.1 Å². The van der Waals surface area contributed by atoms with Crippen molar-refractivity contribution < 1.29 is 9.15 Å². The number of rotatable bonds is 2. The number of fused-ring (bicyclic) bond motifs is 1. The zero-order valence-corrected chi connectivity index (χ0v) is 10.6. The number of hydrogen-bond acceptors (Lipinski definition) is 3. The van der Waals surface area contributed by atoms with E-state index in [1.54, 1.807) is 7.11 Å². The number of nitrogens with zero attached hydrogens (tertiary/aromatic N) is 2. The quantitative estimate of drug-likeness (QED) is 0.693. The second kappa shape index (κ2) is 3.91. The van der Waals surface area contributed by atoms with Gasteiger partial charge in [0.2, 0.25) is 0 Å². The predicted molar refractivity (Wildman–Crippen MR) is 69.7 cm³/mol. The van der Waals surface area contributed by atoms with Gasteiger partial charge in [0.05, 0.1) is 18.1 Å². The van der Waals surface area contributed by atoms with Crippen LogP contribution in [-0.2, 0) is 7.05 Å². The van der Waals surface area contributed by atoms with Crippen LogP contribution in [0, 0.1) is 6.92 Å². The van der Waals surface area contributed by atoms with E-state index in [0.717, 1.165) is 34.1 Å². The van der Waals surface area contributed by atoms with Gasteiger partial charge in [-0.05, 0) is 31.2 Å². The summed E-state index contributed by atoms with van der Waals surface area (Å²) in [6.07, 6.45) is 0. The molecular formula is C14H14N2O2. The Balaban J connectivity index is 2.22. The van der Waals surface area contributed by atoms with Gasteiger partial charge < -0.3 is 13.7 Å². The van der Waals surface area contributed by atoms with Crippen LogP contribution in [0.2, 0.25) is 0 Å². The summed E-state index contributed by atoms with van der Waals surface area (Å²) in [6, 6.07) is 9.74. The van der Waals surface area contributed by atoms with E-state index >= 15 is 0 Å². The summed E-state index contributed by atoms with van der Waals surface area (Å²) >= 11 is 0. The van der Waals surface area contributed by atoms with E-state index in [1.165, 1.54) is 0 Å². The maximum absolute atomic E-state index is 5.62. The Morgan fingerprint density at radius 2 is 2.06 bits per heavy atom. The fourth-order valence-corrected chi connectivity index (χ4v) is 2.08. The summed E-state index contributed by atoms with van der Waals surface area (Å²) in [5, 5.41) is 0. The molecule has 0 aliphatic rings. The minimum atomic E-state index is 0.783. The van der Waals surface area contributed by atoms with Crippen LogP contribution in [0.1, 0.15) is 5.76 Å². The van der Waals surface area contributed by atoms with E-state index < -0.39 is 0 Å². The lowest BCUT2D eigenvalue weighted by molar-refractivity contribution is 0.415. The highest BCUT2D eigenvalue weighted by Crippen LogP contribution is 2.27. The van der Waals surface area contributed by atoms with Gasteiger partial charge in [0.25, 0.3) is 0 Å². The summed E-state index contributed by atoms with van der Waals surface area (Å²) < 4.78 is 12.9. The van der Waals surface area contributed by atoms with Gasteiger partial charge in [-0.15, -0.1) is 0 Å². The predicted octanol–water partition coefficient (Wildman–Crippen LogP) is 3.15. The molecule has 0 radical (unpaired) electrons. The number of ether oxygens (including phenoxy) is 1. The molecule has 0 saturated carbocycles. The molecule has 4 heteroatoms. The largest absolute Gasteiger partial charge is 0.497 e. The van der Waals surface area contributed by atoms with Crippen LogP contribution in [0.5, 0.6) is 5.75 Å². The first-order chi connectivity index (χ1) is 8.69. The zero-order chi connectivity index (χ0) is 12.7. The molecule has 4 nitrogen and oxygen atoms in total. The maximum atomic E-state index is 5.62. The molecule has 0 aliphatic heterocycles. The molecule has 3 rings (SSSR count). The SMILES string of the molecule is COc1ccc2c(c1)nc(-c1ccc(C)o1)n2C. The Labute approximate surface area is 105 Å². The molecule has 0 aliphatic carbocycles. The van der Waals surface area contributed by atoms with Crippen molar-refractivity contribution in [2.24, 2.45) is 7.05 Å². The van der Waals surface area contributed by atoms with Crippen molar-refractivity contribution in [1.82, 2.24) is 9.55 Å². The van der Waals surface area contributed by atoms with Gasteiger partial charge in [-0.2, -0.15) is 0 Å². The molecule has 2 heterocycles. The molecule has 3 aromatic rings. The molecule has 0 fully saturated rings. The fourth-order valence-electron chi connectivity index (χ4n) is 2.08. The molecule has 0 bridgehead atoms.